The Hall–Kier alpha value is -1.51. The summed E-state index contributed by atoms with van der Waals surface area (Å²) in [6, 6.07) is 13.8. The molecule has 0 aromatic heterocycles. The molecule has 2 rings (SSSR count). The van der Waals surface area contributed by atoms with E-state index < -0.39 is 0 Å². The third kappa shape index (κ3) is 5.07. The minimum Gasteiger partial charge on any atom is -0.457 e. The number of hydrogen-bond donors (Lipinski definition) is 1. The average Bonchev–Trinajstić information content (AvgIpc) is 2.40. The lowest BCUT2D eigenvalue weighted by Crippen LogP contribution is -2.35. The van der Waals surface area contributed by atoms with Gasteiger partial charge in [-0.05, 0) is 58.0 Å². The van der Waals surface area contributed by atoms with Gasteiger partial charge in [0, 0.05) is 22.7 Å². The quantitative estimate of drug-likeness (QED) is 0.824. The highest BCUT2D eigenvalue weighted by Crippen LogP contribution is 2.28. The van der Waals surface area contributed by atoms with E-state index in [1.165, 1.54) is 5.56 Å². The predicted molar refractivity (Wildman–Crippen MR) is 89.3 cm³/mol. The highest BCUT2D eigenvalue weighted by molar-refractivity contribution is 6.30. The topological polar surface area (TPSA) is 21.3 Å². The highest BCUT2D eigenvalue weighted by Gasteiger charge is 2.12. The summed E-state index contributed by atoms with van der Waals surface area (Å²) in [7, 11) is 0. The SMILES string of the molecule is Cc1ccc(Oc2ccc(Cl)cc2CNC(C)(C)C)cc1. The van der Waals surface area contributed by atoms with E-state index in [1.807, 2.05) is 42.5 Å². The Morgan fingerprint density at radius 2 is 1.71 bits per heavy atom. The third-order valence-electron chi connectivity index (χ3n) is 3.08. The maximum absolute atomic E-state index is 6.11. The van der Waals surface area contributed by atoms with Crippen molar-refractivity contribution in [1.82, 2.24) is 5.32 Å². The summed E-state index contributed by atoms with van der Waals surface area (Å²) in [5, 5.41) is 4.18. The molecule has 0 aliphatic rings. The predicted octanol–water partition coefficient (Wildman–Crippen LogP) is 5.33. The minimum atomic E-state index is 0.0451. The van der Waals surface area contributed by atoms with Crippen LogP contribution in [0.2, 0.25) is 5.02 Å². The number of aryl methyl sites for hydroxylation is 1. The molecule has 2 aromatic carbocycles. The van der Waals surface area contributed by atoms with Crippen LogP contribution >= 0.6 is 11.6 Å². The smallest absolute Gasteiger partial charge is 0.132 e. The molecule has 0 atom stereocenters. The first-order chi connectivity index (χ1) is 9.83. The first kappa shape index (κ1) is 15.9. The fourth-order valence-electron chi connectivity index (χ4n) is 1.88. The molecule has 0 amide bonds. The lowest BCUT2D eigenvalue weighted by Gasteiger charge is -2.21. The van der Waals surface area contributed by atoms with Gasteiger partial charge in [-0.15, -0.1) is 0 Å². The number of benzene rings is 2. The van der Waals surface area contributed by atoms with Crippen LogP contribution in [0.15, 0.2) is 42.5 Å². The summed E-state index contributed by atoms with van der Waals surface area (Å²) in [5.41, 5.74) is 2.31. The van der Waals surface area contributed by atoms with Crippen LogP contribution in [0, 0.1) is 6.92 Å². The molecule has 0 saturated carbocycles. The number of halogens is 1. The summed E-state index contributed by atoms with van der Waals surface area (Å²) < 4.78 is 5.99. The first-order valence-corrected chi connectivity index (χ1v) is 7.49. The molecule has 2 nitrogen and oxygen atoms in total. The number of rotatable bonds is 4. The molecule has 3 heteroatoms. The van der Waals surface area contributed by atoms with Gasteiger partial charge in [-0.3, -0.25) is 0 Å². The van der Waals surface area contributed by atoms with Crippen molar-refractivity contribution in [3.63, 3.8) is 0 Å². The largest absolute Gasteiger partial charge is 0.457 e. The fourth-order valence-corrected chi connectivity index (χ4v) is 2.07. The molecule has 2 aromatic rings. The molecule has 0 unspecified atom stereocenters. The van der Waals surface area contributed by atoms with Crippen molar-refractivity contribution in [2.24, 2.45) is 0 Å². The summed E-state index contributed by atoms with van der Waals surface area (Å²) in [5.74, 6) is 1.67. The molecule has 0 bridgehead atoms. The van der Waals surface area contributed by atoms with E-state index in [0.29, 0.717) is 6.54 Å². The number of nitrogens with one attached hydrogen (secondary N) is 1. The molecule has 0 heterocycles. The lowest BCUT2D eigenvalue weighted by atomic mass is 10.1. The standard InChI is InChI=1S/C18H22ClNO/c1-13-5-8-16(9-6-13)21-17-10-7-15(19)11-14(17)12-20-18(2,3)4/h5-11,20H,12H2,1-4H3. The Balaban J connectivity index is 2.20. The van der Waals surface area contributed by atoms with E-state index in [0.717, 1.165) is 22.1 Å². The van der Waals surface area contributed by atoms with Gasteiger partial charge in [-0.1, -0.05) is 29.3 Å². The third-order valence-corrected chi connectivity index (χ3v) is 3.32. The van der Waals surface area contributed by atoms with Crippen LogP contribution in [0.25, 0.3) is 0 Å². The summed E-state index contributed by atoms with van der Waals surface area (Å²) in [6.45, 7) is 9.18. The molecule has 21 heavy (non-hydrogen) atoms. The maximum Gasteiger partial charge on any atom is 0.132 e. The molecule has 1 N–H and O–H groups in total. The molecule has 0 radical (unpaired) electrons. The summed E-state index contributed by atoms with van der Waals surface area (Å²) >= 11 is 6.11. The highest BCUT2D eigenvalue weighted by atomic mass is 35.5. The Morgan fingerprint density at radius 1 is 1.05 bits per heavy atom. The summed E-state index contributed by atoms with van der Waals surface area (Å²) in [6.07, 6.45) is 0. The van der Waals surface area contributed by atoms with Crippen LogP contribution < -0.4 is 10.1 Å². The van der Waals surface area contributed by atoms with Crippen LogP contribution in [-0.2, 0) is 6.54 Å². The van der Waals surface area contributed by atoms with E-state index in [-0.39, 0.29) is 5.54 Å². The van der Waals surface area contributed by atoms with Gasteiger partial charge in [0.05, 0.1) is 0 Å². The van der Waals surface area contributed by atoms with Gasteiger partial charge in [0.15, 0.2) is 0 Å². The van der Waals surface area contributed by atoms with Crippen LogP contribution in [0.4, 0.5) is 0 Å². The van der Waals surface area contributed by atoms with Crippen molar-refractivity contribution < 1.29 is 4.74 Å². The molecular formula is C18H22ClNO. The van der Waals surface area contributed by atoms with Gasteiger partial charge in [0.1, 0.15) is 11.5 Å². The Morgan fingerprint density at radius 3 is 2.33 bits per heavy atom. The zero-order valence-electron chi connectivity index (χ0n) is 13.0. The minimum absolute atomic E-state index is 0.0451. The molecule has 112 valence electrons. The van der Waals surface area contributed by atoms with Gasteiger partial charge < -0.3 is 10.1 Å². The molecular weight excluding hydrogens is 282 g/mol. The molecule has 0 aliphatic heterocycles. The van der Waals surface area contributed by atoms with Crippen molar-refractivity contribution in [2.75, 3.05) is 0 Å². The zero-order chi connectivity index (χ0) is 15.5. The second-order valence-electron chi connectivity index (χ2n) is 6.27. The van der Waals surface area contributed by atoms with Crippen LogP contribution in [-0.4, -0.2) is 5.54 Å². The molecule has 0 saturated heterocycles. The Labute approximate surface area is 132 Å². The van der Waals surface area contributed by atoms with Gasteiger partial charge in [-0.25, -0.2) is 0 Å². The van der Waals surface area contributed by atoms with Crippen LogP contribution in [0.3, 0.4) is 0 Å². The van der Waals surface area contributed by atoms with Crippen molar-refractivity contribution >= 4 is 11.6 Å². The lowest BCUT2D eigenvalue weighted by molar-refractivity contribution is 0.414. The zero-order valence-corrected chi connectivity index (χ0v) is 13.8. The first-order valence-electron chi connectivity index (χ1n) is 7.11. The van der Waals surface area contributed by atoms with Crippen LogP contribution in [0.5, 0.6) is 11.5 Å². The van der Waals surface area contributed by atoms with E-state index in [1.54, 1.807) is 0 Å². The maximum atomic E-state index is 6.11. The monoisotopic (exact) mass is 303 g/mol. The number of hydrogen-bond acceptors (Lipinski definition) is 2. The van der Waals surface area contributed by atoms with Crippen molar-refractivity contribution in [3.8, 4) is 11.5 Å². The molecule has 0 aliphatic carbocycles. The van der Waals surface area contributed by atoms with Crippen LogP contribution in [0.1, 0.15) is 31.9 Å². The summed E-state index contributed by atoms with van der Waals surface area (Å²) in [4.78, 5) is 0. The second kappa shape index (κ2) is 6.50. The molecule has 0 spiro atoms. The van der Waals surface area contributed by atoms with E-state index in [9.17, 15) is 0 Å². The van der Waals surface area contributed by atoms with Crippen molar-refractivity contribution in [3.05, 3.63) is 58.6 Å². The van der Waals surface area contributed by atoms with Gasteiger partial charge in [0.25, 0.3) is 0 Å². The van der Waals surface area contributed by atoms with Crippen molar-refractivity contribution in [2.45, 2.75) is 39.8 Å². The average molecular weight is 304 g/mol. The van der Waals surface area contributed by atoms with E-state index in [2.05, 4.69) is 33.0 Å². The fraction of sp³-hybridized carbons (Fsp3) is 0.333. The van der Waals surface area contributed by atoms with Gasteiger partial charge in [0.2, 0.25) is 0 Å². The molecule has 0 fully saturated rings. The normalized spacial score (nSPS) is 11.5. The second-order valence-corrected chi connectivity index (χ2v) is 6.71. The Bertz CT molecular complexity index is 600. The van der Waals surface area contributed by atoms with E-state index >= 15 is 0 Å². The van der Waals surface area contributed by atoms with Gasteiger partial charge >= 0.3 is 0 Å². The van der Waals surface area contributed by atoms with E-state index in [4.69, 9.17) is 16.3 Å². The van der Waals surface area contributed by atoms with Gasteiger partial charge in [-0.2, -0.15) is 0 Å². The Kier molecular flexibility index (Phi) is 4.92. The van der Waals surface area contributed by atoms with Crippen molar-refractivity contribution in [1.29, 1.82) is 0 Å². The number of ether oxygens (including phenoxy) is 1.